The summed E-state index contributed by atoms with van der Waals surface area (Å²) in [7, 11) is 0. The van der Waals surface area contributed by atoms with Crippen molar-refractivity contribution in [3.8, 4) is 5.69 Å². The molecule has 208 valence electrons. The molecular weight excluding hydrogens is 515 g/mol. The molecule has 0 radical (unpaired) electrons. The number of carbonyl (C=O) groups excluding carboxylic acids is 1. The molecule has 3 heterocycles. The van der Waals surface area contributed by atoms with E-state index in [-0.39, 0.29) is 18.1 Å². The number of nitrogens with zero attached hydrogens (tertiary/aromatic N) is 6. The van der Waals surface area contributed by atoms with E-state index in [0.29, 0.717) is 26.1 Å². The molecule has 3 aromatic carbocycles. The second kappa shape index (κ2) is 11.5. The van der Waals surface area contributed by atoms with Crippen molar-refractivity contribution >= 4 is 22.8 Å². The van der Waals surface area contributed by atoms with Gasteiger partial charge in [-0.1, -0.05) is 60.2 Å². The highest BCUT2D eigenvalue weighted by Crippen LogP contribution is 2.30. The van der Waals surface area contributed by atoms with Gasteiger partial charge in [0.05, 0.1) is 23.2 Å². The Morgan fingerprint density at radius 2 is 1.56 bits per heavy atom. The SMILES string of the molecule is Cc1ccc(Cc2nc(N3CCCN(C(=O)Cc4ccc(F)cc4)CC3)c3c(C)nn(-c4ccccc4)c3n2)cc1. The van der Waals surface area contributed by atoms with Crippen LogP contribution < -0.4 is 4.90 Å². The average molecular weight is 549 g/mol. The van der Waals surface area contributed by atoms with Crippen LogP contribution in [0.15, 0.2) is 78.9 Å². The van der Waals surface area contributed by atoms with Crippen LogP contribution in [0.5, 0.6) is 0 Å². The van der Waals surface area contributed by atoms with Crippen LogP contribution >= 0.6 is 0 Å². The third-order valence-corrected chi connectivity index (χ3v) is 7.63. The van der Waals surface area contributed by atoms with E-state index in [4.69, 9.17) is 15.1 Å². The normalized spacial score (nSPS) is 13.9. The first-order valence-corrected chi connectivity index (χ1v) is 14.1. The first kappa shape index (κ1) is 26.6. The Balaban J connectivity index is 1.32. The number of amides is 1. The van der Waals surface area contributed by atoms with E-state index < -0.39 is 0 Å². The van der Waals surface area contributed by atoms with Gasteiger partial charge >= 0.3 is 0 Å². The van der Waals surface area contributed by atoms with E-state index in [2.05, 4.69) is 36.1 Å². The summed E-state index contributed by atoms with van der Waals surface area (Å²) >= 11 is 0. The molecule has 1 saturated heterocycles. The van der Waals surface area contributed by atoms with Crippen LogP contribution in [0.4, 0.5) is 10.2 Å². The maximum atomic E-state index is 13.3. The van der Waals surface area contributed by atoms with Crippen molar-refractivity contribution in [1.82, 2.24) is 24.6 Å². The predicted molar refractivity (Wildman–Crippen MR) is 159 cm³/mol. The molecule has 0 atom stereocenters. The number of carbonyl (C=O) groups is 1. The van der Waals surface area contributed by atoms with Gasteiger partial charge in [0.25, 0.3) is 0 Å². The number of hydrogen-bond acceptors (Lipinski definition) is 5. The summed E-state index contributed by atoms with van der Waals surface area (Å²) in [6.45, 7) is 6.77. The molecule has 5 aromatic rings. The Hall–Kier alpha value is -4.59. The third-order valence-electron chi connectivity index (χ3n) is 7.63. The molecule has 2 aromatic heterocycles. The Morgan fingerprint density at radius 3 is 2.32 bits per heavy atom. The van der Waals surface area contributed by atoms with Gasteiger partial charge in [-0.25, -0.2) is 19.0 Å². The first-order chi connectivity index (χ1) is 19.9. The second-order valence-corrected chi connectivity index (χ2v) is 10.7. The van der Waals surface area contributed by atoms with Crippen LogP contribution in [0.3, 0.4) is 0 Å². The molecule has 0 aliphatic carbocycles. The van der Waals surface area contributed by atoms with Crippen molar-refractivity contribution in [2.24, 2.45) is 0 Å². The van der Waals surface area contributed by atoms with Crippen LogP contribution in [0.2, 0.25) is 0 Å². The summed E-state index contributed by atoms with van der Waals surface area (Å²) in [5.74, 6) is 1.36. The van der Waals surface area contributed by atoms with Gasteiger partial charge in [-0.15, -0.1) is 0 Å². The van der Waals surface area contributed by atoms with Gasteiger partial charge in [-0.3, -0.25) is 4.79 Å². The molecule has 1 amide bonds. The van der Waals surface area contributed by atoms with Gasteiger partial charge in [0.2, 0.25) is 5.91 Å². The fraction of sp³-hybridized carbons (Fsp3) is 0.273. The molecule has 6 rings (SSSR count). The summed E-state index contributed by atoms with van der Waals surface area (Å²) in [6, 6.07) is 24.7. The lowest BCUT2D eigenvalue weighted by Crippen LogP contribution is -2.36. The monoisotopic (exact) mass is 548 g/mol. The fourth-order valence-corrected chi connectivity index (χ4v) is 5.42. The van der Waals surface area contributed by atoms with E-state index in [9.17, 15) is 9.18 Å². The van der Waals surface area contributed by atoms with E-state index in [1.165, 1.54) is 17.7 Å². The Kier molecular flexibility index (Phi) is 7.46. The average Bonchev–Trinajstić information content (AvgIpc) is 3.14. The minimum absolute atomic E-state index is 0.0550. The first-order valence-electron chi connectivity index (χ1n) is 14.1. The van der Waals surface area contributed by atoms with Gasteiger partial charge in [-0.2, -0.15) is 5.10 Å². The fourth-order valence-electron chi connectivity index (χ4n) is 5.42. The van der Waals surface area contributed by atoms with Crippen LogP contribution in [-0.2, 0) is 17.6 Å². The highest BCUT2D eigenvalue weighted by atomic mass is 19.1. The van der Waals surface area contributed by atoms with Crippen molar-refractivity contribution in [2.75, 3.05) is 31.1 Å². The highest BCUT2D eigenvalue weighted by Gasteiger charge is 2.25. The zero-order valence-electron chi connectivity index (χ0n) is 23.4. The minimum atomic E-state index is -0.296. The number of rotatable bonds is 6. The number of aromatic nitrogens is 4. The van der Waals surface area contributed by atoms with Crippen molar-refractivity contribution in [3.05, 3.63) is 113 Å². The van der Waals surface area contributed by atoms with Crippen LogP contribution in [0.25, 0.3) is 16.7 Å². The van der Waals surface area contributed by atoms with Crippen molar-refractivity contribution in [1.29, 1.82) is 0 Å². The van der Waals surface area contributed by atoms with Gasteiger partial charge < -0.3 is 9.80 Å². The Labute approximate surface area is 239 Å². The van der Waals surface area contributed by atoms with Gasteiger partial charge in [0, 0.05) is 32.6 Å². The smallest absolute Gasteiger partial charge is 0.227 e. The number of para-hydroxylation sites is 1. The maximum Gasteiger partial charge on any atom is 0.227 e. The molecular formula is C33H33FN6O. The van der Waals surface area contributed by atoms with Crippen LogP contribution in [-0.4, -0.2) is 56.7 Å². The highest BCUT2D eigenvalue weighted by molar-refractivity contribution is 5.91. The van der Waals surface area contributed by atoms with E-state index in [1.807, 2.05) is 46.8 Å². The van der Waals surface area contributed by atoms with Gasteiger partial charge in [0.15, 0.2) is 5.65 Å². The number of halogens is 1. The molecule has 0 unspecified atom stereocenters. The molecule has 0 N–H and O–H groups in total. The number of fused-ring (bicyclic) bond motifs is 1. The molecule has 0 saturated carbocycles. The lowest BCUT2D eigenvalue weighted by atomic mass is 10.1. The lowest BCUT2D eigenvalue weighted by Gasteiger charge is -2.24. The van der Waals surface area contributed by atoms with Crippen molar-refractivity contribution < 1.29 is 9.18 Å². The minimum Gasteiger partial charge on any atom is -0.354 e. The van der Waals surface area contributed by atoms with Crippen LogP contribution in [0.1, 0.15) is 34.6 Å². The van der Waals surface area contributed by atoms with Crippen molar-refractivity contribution in [3.63, 3.8) is 0 Å². The van der Waals surface area contributed by atoms with Crippen molar-refractivity contribution in [2.45, 2.75) is 33.1 Å². The third kappa shape index (κ3) is 5.82. The molecule has 0 spiro atoms. The second-order valence-electron chi connectivity index (χ2n) is 10.7. The molecule has 7 nitrogen and oxygen atoms in total. The number of benzene rings is 3. The topological polar surface area (TPSA) is 67.2 Å². The molecule has 1 aliphatic rings. The Morgan fingerprint density at radius 1 is 0.829 bits per heavy atom. The van der Waals surface area contributed by atoms with E-state index >= 15 is 0 Å². The summed E-state index contributed by atoms with van der Waals surface area (Å²) in [5, 5.41) is 5.83. The van der Waals surface area contributed by atoms with E-state index in [0.717, 1.165) is 58.1 Å². The number of anilines is 1. The lowest BCUT2D eigenvalue weighted by molar-refractivity contribution is -0.130. The summed E-state index contributed by atoms with van der Waals surface area (Å²) in [6.07, 6.45) is 1.69. The molecule has 1 aliphatic heterocycles. The molecule has 8 heteroatoms. The summed E-state index contributed by atoms with van der Waals surface area (Å²) < 4.78 is 15.2. The number of hydrogen-bond donors (Lipinski definition) is 0. The number of aryl methyl sites for hydroxylation is 2. The van der Waals surface area contributed by atoms with Crippen LogP contribution in [0, 0.1) is 19.7 Å². The van der Waals surface area contributed by atoms with Gasteiger partial charge in [0.1, 0.15) is 17.5 Å². The zero-order valence-corrected chi connectivity index (χ0v) is 23.4. The predicted octanol–water partition coefficient (Wildman–Crippen LogP) is 5.44. The standard InChI is InChI=1S/C33H33FN6O/c1-23-9-11-25(12-10-23)21-29-35-32(31-24(2)37-40(33(31)36-29)28-7-4-3-5-8-28)39-18-6-17-38(19-20-39)30(41)22-26-13-15-27(34)16-14-26/h3-5,7-16H,6,17-22H2,1-2H3. The largest absolute Gasteiger partial charge is 0.354 e. The summed E-state index contributed by atoms with van der Waals surface area (Å²) in [5.41, 5.74) is 5.79. The maximum absolute atomic E-state index is 13.3. The quantitative estimate of drug-likeness (QED) is 0.283. The Bertz CT molecular complexity index is 1660. The van der Waals surface area contributed by atoms with E-state index in [1.54, 1.807) is 12.1 Å². The summed E-state index contributed by atoms with van der Waals surface area (Å²) in [4.78, 5) is 27.5. The van der Waals surface area contributed by atoms with Gasteiger partial charge in [-0.05, 0) is 55.7 Å². The zero-order chi connectivity index (χ0) is 28.3. The molecule has 0 bridgehead atoms. The molecule has 41 heavy (non-hydrogen) atoms. The molecule has 1 fully saturated rings.